The van der Waals surface area contributed by atoms with Gasteiger partial charge in [-0.25, -0.2) is 33.7 Å². The van der Waals surface area contributed by atoms with Gasteiger partial charge in [-0.1, -0.05) is 31.4 Å². The van der Waals surface area contributed by atoms with Gasteiger partial charge < -0.3 is 30.5 Å². The molecule has 0 saturated carbocycles. The third kappa shape index (κ3) is 11.5. The fourth-order valence-electron chi connectivity index (χ4n) is 5.03. The summed E-state index contributed by atoms with van der Waals surface area (Å²) in [5, 5.41) is 36.5. The van der Waals surface area contributed by atoms with Crippen LogP contribution < -0.4 is 105 Å². The van der Waals surface area contributed by atoms with Crippen molar-refractivity contribution in [3.8, 4) is 0 Å². The number of fused-ring (bicyclic) bond motifs is 1. The van der Waals surface area contributed by atoms with Crippen molar-refractivity contribution in [2.24, 2.45) is 30.7 Å². The van der Waals surface area contributed by atoms with E-state index in [9.17, 15) is 52.7 Å². The summed E-state index contributed by atoms with van der Waals surface area (Å²) in [6.45, 7) is 6.49. The number of aromatic carboxylic acids is 1. The van der Waals surface area contributed by atoms with Crippen LogP contribution in [0.5, 0.6) is 0 Å². The smallest absolute Gasteiger partial charge is 0.744 e. The van der Waals surface area contributed by atoms with Crippen molar-refractivity contribution >= 4 is 102 Å². The number of benzene rings is 5. The van der Waals surface area contributed by atoms with E-state index in [2.05, 4.69) is 43.8 Å². The van der Waals surface area contributed by atoms with Crippen molar-refractivity contribution < 1.29 is 141 Å². The zero-order valence-electron chi connectivity index (χ0n) is 31.4. The summed E-state index contributed by atoms with van der Waals surface area (Å²) < 4.78 is 122. The first-order valence-electron chi connectivity index (χ1n) is 15.2. The summed E-state index contributed by atoms with van der Waals surface area (Å²) in [6, 6.07) is 14.3. The number of hydrogen-bond donors (Lipinski definition) is 2. The van der Waals surface area contributed by atoms with Gasteiger partial charge in [-0.05, 0) is 60.7 Å². The molecule has 5 aromatic carbocycles. The number of sulfone groups is 2. The molecule has 0 amide bonds. The molecule has 27 heteroatoms. The van der Waals surface area contributed by atoms with Gasteiger partial charge in [0.2, 0.25) is 0 Å². The molecule has 5 aromatic rings. The van der Waals surface area contributed by atoms with Gasteiger partial charge in [0.15, 0.2) is 19.7 Å². The van der Waals surface area contributed by atoms with Crippen LogP contribution in [0.25, 0.3) is 10.8 Å². The van der Waals surface area contributed by atoms with E-state index in [1.54, 1.807) is 0 Å². The third-order valence-corrected chi connectivity index (χ3v) is 12.3. The summed E-state index contributed by atoms with van der Waals surface area (Å²) in [5.74, 6) is -2.04. The number of hydrogen-bond acceptors (Lipinski definition) is 20. The number of nitrogen functional groups attached to an aromatic ring is 2. The van der Waals surface area contributed by atoms with Crippen molar-refractivity contribution in [1.29, 1.82) is 0 Å². The molecule has 0 aromatic heterocycles. The maximum atomic E-state index is 12.7. The number of carbonyl (C=O) groups excluding carboxylic acids is 1. The van der Waals surface area contributed by atoms with Crippen LogP contribution >= 0.6 is 0 Å². The molecule has 60 heavy (non-hydrogen) atoms. The quantitative estimate of drug-likeness (QED) is 0.0497. The van der Waals surface area contributed by atoms with Gasteiger partial charge in [-0.2, -0.15) is 10.2 Å². The van der Waals surface area contributed by atoms with Gasteiger partial charge in [-0.15, -0.1) is 20.5 Å². The van der Waals surface area contributed by atoms with Crippen molar-refractivity contribution in [2.45, 2.75) is 19.6 Å². The molecule has 0 atom stereocenters. The molecular formula is C33H23N8Na3O12S4. The Labute approximate surface area is 408 Å². The summed E-state index contributed by atoms with van der Waals surface area (Å²) in [6.07, 6.45) is 0. The van der Waals surface area contributed by atoms with Crippen LogP contribution in [0, 0.1) is 0 Å². The molecule has 294 valence electrons. The van der Waals surface area contributed by atoms with Crippen LogP contribution in [0.1, 0.15) is 10.4 Å². The number of anilines is 2. The average molecular weight is 921 g/mol. The monoisotopic (exact) mass is 920 g/mol. The van der Waals surface area contributed by atoms with Crippen molar-refractivity contribution in [2.75, 3.05) is 11.5 Å². The van der Waals surface area contributed by atoms with E-state index in [0.717, 1.165) is 53.3 Å². The standard InChI is InChI=1S/C33H26N8O12S4.3Na/c1-3-54(44,45)20-12-8-18(9-13-20)36-39-29-26(33(42)43)30(28(35)31(27(29)34)41-37-19-10-14-21(15-11-19)55(46,47)4-2)40-38-24-17-16-22-23(32(24)57(51,52)53)6-5-7-25(22)56(48,49)50;;;/h3-17H,1-2,34-35H2,(H,42,43)(H,48,49,50)(H,51,52,53);;;/q;3*+1/p-3. The number of azo groups is 3. The largest absolute Gasteiger partial charge is 1.00 e. The number of carbonyl (C=O) groups is 1. The van der Waals surface area contributed by atoms with Crippen LogP contribution in [0.4, 0.5) is 45.5 Å². The molecule has 0 unspecified atom stereocenters. The Morgan fingerprint density at radius 2 is 0.983 bits per heavy atom. The summed E-state index contributed by atoms with van der Waals surface area (Å²) in [4.78, 5) is 10.4. The fourth-order valence-corrected chi connectivity index (χ4v) is 7.95. The van der Waals surface area contributed by atoms with Gasteiger partial charge >= 0.3 is 88.7 Å². The van der Waals surface area contributed by atoms with E-state index in [1.807, 2.05) is 0 Å². The van der Waals surface area contributed by atoms with Gasteiger partial charge in [0.1, 0.15) is 43.0 Å². The van der Waals surface area contributed by atoms with Gasteiger partial charge in [0.05, 0.1) is 53.9 Å². The van der Waals surface area contributed by atoms with Crippen LogP contribution in [-0.2, 0) is 39.9 Å². The molecule has 0 aliphatic rings. The molecule has 0 aliphatic heterocycles. The normalized spacial score (nSPS) is 12.2. The van der Waals surface area contributed by atoms with Crippen molar-refractivity contribution in [3.05, 3.63) is 108 Å². The molecule has 0 fully saturated rings. The number of carboxylic acids is 1. The molecule has 5 rings (SSSR count). The Balaban J connectivity index is 0.00000413. The molecule has 0 aliphatic carbocycles. The Morgan fingerprint density at radius 1 is 0.550 bits per heavy atom. The van der Waals surface area contributed by atoms with Crippen LogP contribution in [-0.4, -0.2) is 48.7 Å². The predicted molar refractivity (Wildman–Crippen MR) is 200 cm³/mol. The zero-order chi connectivity index (χ0) is 42.1. The van der Waals surface area contributed by atoms with Crippen LogP contribution in [0.2, 0.25) is 0 Å². The minimum Gasteiger partial charge on any atom is -0.744 e. The molecule has 0 bridgehead atoms. The molecule has 0 radical (unpaired) electrons. The Kier molecular flexibility index (Phi) is 18.0. The first kappa shape index (κ1) is 52.6. The molecular weight excluding hydrogens is 898 g/mol. The second kappa shape index (κ2) is 20.5. The SMILES string of the molecule is C=CS(=O)(=O)c1ccc(N=Nc2c(N)c(N=Nc3ccc(S(=O)(=O)C=C)cc3)c(C(=O)[O-])c(N=Nc3ccc4c(S(=O)(=O)[O-])cccc4c3S(=O)(=O)[O-])c2N)cc1.[Na+].[Na+].[Na+]. The summed E-state index contributed by atoms with van der Waals surface area (Å²) >= 11 is 0. The maximum Gasteiger partial charge on any atom is 1.00 e. The Morgan fingerprint density at radius 3 is 1.38 bits per heavy atom. The zero-order valence-corrected chi connectivity index (χ0v) is 40.7. The molecule has 0 saturated heterocycles. The van der Waals surface area contributed by atoms with E-state index >= 15 is 0 Å². The Hall–Kier alpha value is -3.57. The average Bonchev–Trinajstić information content (AvgIpc) is 3.15. The van der Waals surface area contributed by atoms with Crippen LogP contribution in [0.15, 0.2) is 153 Å². The second-order valence-corrected chi connectivity index (χ2v) is 17.7. The third-order valence-electron chi connectivity index (χ3n) is 7.73. The van der Waals surface area contributed by atoms with Gasteiger partial charge in [0.25, 0.3) is 0 Å². The minimum atomic E-state index is -5.53. The summed E-state index contributed by atoms with van der Waals surface area (Å²) in [5.41, 5.74) is 7.51. The van der Waals surface area contributed by atoms with Crippen molar-refractivity contribution in [3.63, 3.8) is 0 Å². The molecule has 4 N–H and O–H groups in total. The minimum absolute atomic E-state index is 0. The topological polar surface area (TPSA) is 349 Å². The number of carboxylic acid groups (broad SMARTS) is 1. The van der Waals surface area contributed by atoms with Gasteiger partial charge in [-0.3, -0.25) is 0 Å². The van der Waals surface area contributed by atoms with E-state index in [4.69, 9.17) is 11.5 Å². The van der Waals surface area contributed by atoms with E-state index in [-0.39, 0.29) is 110 Å². The number of nitrogens with zero attached hydrogens (tertiary/aromatic N) is 6. The van der Waals surface area contributed by atoms with E-state index in [0.29, 0.717) is 0 Å². The van der Waals surface area contributed by atoms with E-state index in [1.165, 1.54) is 36.4 Å². The second-order valence-electron chi connectivity index (χ2n) is 11.2. The first-order valence-corrected chi connectivity index (χ1v) is 21.2. The first-order chi connectivity index (χ1) is 26.6. The predicted octanol–water partition coefficient (Wildman–Crippen LogP) is -3.73. The fraction of sp³-hybridized carbons (Fsp3) is 0. The molecule has 20 nitrogen and oxygen atoms in total. The maximum absolute atomic E-state index is 12.7. The van der Waals surface area contributed by atoms with Crippen molar-refractivity contribution in [1.82, 2.24) is 0 Å². The Bertz CT molecular complexity index is 3080. The summed E-state index contributed by atoms with van der Waals surface area (Å²) in [7, 11) is -18.3. The number of rotatable bonds is 13. The van der Waals surface area contributed by atoms with Gasteiger partial charge in [0, 0.05) is 21.6 Å². The van der Waals surface area contributed by atoms with Crippen LogP contribution in [0.3, 0.4) is 0 Å². The molecule has 0 heterocycles. The van der Waals surface area contributed by atoms with E-state index < -0.39 is 106 Å². The molecule has 0 spiro atoms. The number of nitrogens with two attached hydrogens (primary N) is 2.